The number of carbonyl (C=O) groups excluding carboxylic acids is 1. The van der Waals surface area contributed by atoms with E-state index in [0.29, 0.717) is 18.5 Å². The van der Waals surface area contributed by atoms with Gasteiger partial charge in [-0.15, -0.1) is 0 Å². The molecule has 108 valence electrons. The third kappa shape index (κ3) is 3.07. The van der Waals surface area contributed by atoms with Gasteiger partial charge in [0.15, 0.2) is 0 Å². The summed E-state index contributed by atoms with van der Waals surface area (Å²) in [4.78, 5) is 36.5. The minimum Gasteiger partial charge on any atom is -0.481 e. The van der Waals surface area contributed by atoms with E-state index < -0.39 is 5.97 Å². The Bertz CT molecular complexity index is 579. The number of rotatable bonds is 3. The number of hydrogen-bond acceptors (Lipinski definition) is 3. The average molecular weight is 278 g/mol. The second-order valence-corrected chi connectivity index (χ2v) is 5.11. The van der Waals surface area contributed by atoms with Crippen LogP contribution >= 0.6 is 0 Å². The maximum absolute atomic E-state index is 12.4. The summed E-state index contributed by atoms with van der Waals surface area (Å²) in [5.41, 5.74) is 0.0769. The van der Waals surface area contributed by atoms with Gasteiger partial charge in [-0.05, 0) is 25.3 Å². The lowest BCUT2D eigenvalue weighted by Gasteiger charge is -2.35. The summed E-state index contributed by atoms with van der Waals surface area (Å²) in [5.74, 6) is -1.16. The fourth-order valence-corrected chi connectivity index (χ4v) is 2.53. The summed E-state index contributed by atoms with van der Waals surface area (Å²) >= 11 is 0. The van der Waals surface area contributed by atoms with Crippen LogP contribution in [0.1, 0.15) is 36.0 Å². The third-order valence-corrected chi connectivity index (χ3v) is 3.65. The van der Waals surface area contributed by atoms with Crippen LogP contribution in [0.25, 0.3) is 0 Å². The van der Waals surface area contributed by atoms with Crippen molar-refractivity contribution < 1.29 is 14.7 Å². The summed E-state index contributed by atoms with van der Waals surface area (Å²) in [5, 5.41) is 8.93. The van der Waals surface area contributed by atoms with E-state index in [0.717, 1.165) is 12.8 Å². The molecule has 0 aromatic carbocycles. The lowest BCUT2D eigenvalue weighted by molar-refractivity contribution is -0.138. The first-order chi connectivity index (χ1) is 9.49. The highest BCUT2D eigenvalue weighted by molar-refractivity contribution is 5.94. The molecule has 0 unspecified atom stereocenters. The Balaban J connectivity index is 2.22. The van der Waals surface area contributed by atoms with E-state index in [1.54, 1.807) is 24.2 Å². The first-order valence-corrected chi connectivity index (χ1v) is 6.68. The number of carboxylic acid groups (broad SMARTS) is 1. The molecule has 1 fully saturated rings. The number of hydrogen-bond donors (Lipinski definition) is 1. The van der Waals surface area contributed by atoms with Crippen molar-refractivity contribution in [3.05, 3.63) is 34.2 Å². The predicted octanol–water partition coefficient (Wildman–Crippen LogP) is 0.855. The highest BCUT2D eigenvalue weighted by atomic mass is 16.4. The number of aryl methyl sites for hydroxylation is 1. The summed E-state index contributed by atoms with van der Waals surface area (Å²) < 4.78 is 1.39. The fourth-order valence-electron chi connectivity index (χ4n) is 2.53. The lowest BCUT2D eigenvalue weighted by atomic mass is 9.98. The smallest absolute Gasteiger partial charge is 0.305 e. The molecule has 0 bridgehead atoms. The number of carbonyl (C=O) groups is 2. The van der Waals surface area contributed by atoms with Gasteiger partial charge in [0.25, 0.3) is 11.5 Å². The SMILES string of the molecule is Cn1ccc(C(=O)N2CCCC[C@@H]2CC(=O)O)cc1=O. The molecule has 1 aromatic rings. The number of amides is 1. The van der Waals surface area contributed by atoms with E-state index in [1.807, 2.05) is 0 Å². The molecule has 1 aromatic heterocycles. The molecule has 6 nitrogen and oxygen atoms in total. The summed E-state index contributed by atoms with van der Waals surface area (Å²) in [7, 11) is 1.62. The Morgan fingerprint density at radius 2 is 2.15 bits per heavy atom. The van der Waals surface area contributed by atoms with Crippen molar-refractivity contribution in [1.82, 2.24) is 9.47 Å². The van der Waals surface area contributed by atoms with E-state index in [9.17, 15) is 14.4 Å². The average Bonchev–Trinajstić information content (AvgIpc) is 2.41. The lowest BCUT2D eigenvalue weighted by Crippen LogP contribution is -2.45. The molecule has 0 saturated carbocycles. The molecule has 0 spiro atoms. The molecule has 0 radical (unpaired) electrons. The maximum atomic E-state index is 12.4. The van der Waals surface area contributed by atoms with Crippen molar-refractivity contribution in [1.29, 1.82) is 0 Å². The third-order valence-electron chi connectivity index (χ3n) is 3.65. The second kappa shape index (κ2) is 5.90. The first kappa shape index (κ1) is 14.3. The predicted molar refractivity (Wildman–Crippen MR) is 72.6 cm³/mol. The number of aliphatic carboxylic acids is 1. The molecule has 2 heterocycles. The van der Waals surface area contributed by atoms with Gasteiger partial charge < -0.3 is 14.6 Å². The Morgan fingerprint density at radius 3 is 2.80 bits per heavy atom. The number of nitrogens with zero attached hydrogens (tertiary/aromatic N) is 2. The molecule has 1 amide bonds. The fraction of sp³-hybridized carbons (Fsp3) is 0.500. The Morgan fingerprint density at radius 1 is 1.40 bits per heavy atom. The quantitative estimate of drug-likeness (QED) is 0.889. The highest BCUT2D eigenvalue weighted by Gasteiger charge is 2.29. The van der Waals surface area contributed by atoms with E-state index in [-0.39, 0.29) is 23.9 Å². The van der Waals surface area contributed by atoms with Gasteiger partial charge >= 0.3 is 5.97 Å². The molecule has 6 heteroatoms. The Hall–Kier alpha value is -2.11. The van der Waals surface area contributed by atoms with E-state index in [4.69, 9.17) is 5.11 Å². The van der Waals surface area contributed by atoms with Crippen molar-refractivity contribution >= 4 is 11.9 Å². The van der Waals surface area contributed by atoms with Crippen molar-refractivity contribution in [2.75, 3.05) is 6.54 Å². The largest absolute Gasteiger partial charge is 0.481 e. The molecule has 1 atom stereocenters. The zero-order valence-corrected chi connectivity index (χ0v) is 11.4. The molecule has 1 aliphatic heterocycles. The van der Waals surface area contributed by atoms with Crippen LogP contribution in [0.15, 0.2) is 23.1 Å². The molecule has 2 rings (SSSR count). The van der Waals surface area contributed by atoms with Gasteiger partial charge in [-0.3, -0.25) is 14.4 Å². The van der Waals surface area contributed by atoms with Gasteiger partial charge in [0.1, 0.15) is 0 Å². The topological polar surface area (TPSA) is 79.6 Å². The molecular weight excluding hydrogens is 260 g/mol. The van der Waals surface area contributed by atoms with Crippen molar-refractivity contribution in [2.24, 2.45) is 7.05 Å². The summed E-state index contributed by atoms with van der Waals surface area (Å²) in [6.45, 7) is 0.548. The number of aromatic nitrogens is 1. The second-order valence-electron chi connectivity index (χ2n) is 5.11. The molecule has 20 heavy (non-hydrogen) atoms. The minimum atomic E-state index is -0.904. The van der Waals surface area contributed by atoms with Gasteiger partial charge in [-0.1, -0.05) is 0 Å². The molecule has 0 aliphatic carbocycles. The van der Waals surface area contributed by atoms with E-state index in [1.165, 1.54) is 10.6 Å². The van der Waals surface area contributed by atoms with E-state index in [2.05, 4.69) is 0 Å². The van der Waals surface area contributed by atoms with Crippen LogP contribution in [-0.2, 0) is 11.8 Å². The Kier molecular flexibility index (Phi) is 4.22. The molecule has 1 N–H and O–H groups in total. The number of likely N-dealkylation sites (tertiary alicyclic amines) is 1. The number of pyridine rings is 1. The zero-order chi connectivity index (χ0) is 14.7. The maximum Gasteiger partial charge on any atom is 0.305 e. The van der Waals surface area contributed by atoms with Gasteiger partial charge in [-0.2, -0.15) is 0 Å². The number of carboxylic acids is 1. The van der Waals surface area contributed by atoms with Crippen LogP contribution in [-0.4, -0.2) is 39.0 Å². The molecular formula is C14H18N2O4. The van der Waals surface area contributed by atoms with Gasteiger partial charge in [0, 0.05) is 37.5 Å². The van der Waals surface area contributed by atoms with Crippen LogP contribution < -0.4 is 5.56 Å². The van der Waals surface area contributed by atoms with Crippen LogP contribution in [0.2, 0.25) is 0 Å². The summed E-state index contributed by atoms with van der Waals surface area (Å²) in [6, 6.07) is 2.61. The zero-order valence-electron chi connectivity index (χ0n) is 11.4. The van der Waals surface area contributed by atoms with Crippen LogP contribution in [0.4, 0.5) is 0 Å². The van der Waals surface area contributed by atoms with Crippen molar-refractivity contribution in [2.45, 2.75) is 31.7 Å². The van der Waals surface area contributed by atoms with Gasteiger partial charge in [0.2, 0.25) is 0 Å². The Labute approximate surface area is 116 Å². The van der Waals surface area contributed by atoms with Gasteiger partial charge in [0.05, 0.1) is 6.42 Å². The van der Waals surface area contributed by atoms with Crippen LogP contribution in [0.5, 0.6) is 0 Å². The standard InChI is InChI=1S/C14H18N2O4/c1-15-7-5-10(8-12(15)17)14(20)16-6-3-2-4-11(16)9-13(18)19/h5,7-8,11H,2-4,6,9H2,1H3,(H,18,19)/t11-/m1/s1. The highest BCUT2D eigenvalue weighted by Crippen LogP contribution is 2.21. The number of piperidine rings is 1. The molecule has 1 saturated heterocycles. The first-order valence-electron chi connectivity index (χ1n) is 6.68. The monoisotopic (exact) mass is 278 g/mol. The minimum absolute atomic E-state index is 0.0451. The van der Waals surface area contributed by atoms with Crippen LogP contribution in [0.3, 0.4) is 0 Å². The van der Waals surface area contributed by atoms with Gasteiger partial charge in [-0.25, -0.2) is 0 Å². The molecule has 1 aliphatic rings. The van der Waals surface area contributed by atoms with E-state index >= 15 is 0 Å². The van der Waals surface area contributed by atoms with Crippen LogP contribution in [0, 0.1) is 0 Å². The van der Waals surface area contributed by atoms with Crippen molar-refractivity contribution in [3.63, 3.8) is 0 Å². The van der Waals surface area contributed by atoms with Crippen molar-refractivity contribution in [3.8, 4) is 0 Å². The summed E-state index contributed by atoms with van der Waals surface area (Å²) in [6.07, 6.45) is 4.00. The normalized spacial score (nSPS) is 18.9.